The second-order valence-electron chi connectivity index (χ2n) is 4.99. The van der Waals surface area contributed by atoms with Crippen molar-refractivity contribution >= 4 is 5.96 Å². The minimum absolute atomic E-state index is 0.117. The van der Waals surface area contributed by atoms with Gasteiger partial charge in [0.15, 0.2) is 11.8 Å². The molecule has 10 heteroatoms. The number of benzene rings is 1. The van der Waals surface area contributed by atoms with E-state index in [1.54, 1.807) is 26.1 Å². The third kappa shape index (κ3) is 6.32. The van der Waals surface area contributed by atoms with Crippen LogP contribution in [0.2, 0.25) is 0 Å². The van der Waals surface area contributed by atoms with Crippen LogP contribution in [0, 0.1) is 6.92 Å². The summed E-state index contributed by atoms with van der Waals surface area (Å²) < 4.78 is 46.3. The van der Waals surface area contributed by atoms with Gasteiger partial charge in [-0.15, -0.1) is 13.2 Å². The highest BCUT2D eigenvalue weighted by Crippen LogP contribution is 2.25. The first kappa shape index (κ1) is 18.6. The van der Waals surface area contributed by atoms with Crippen LogP contribution in [0.15, 0.2) is 33.8 Å². The van der Waals surface area contributed by atoms with Crippen molar-refractivity contribution in [2.24, 2.45) is 4.99 Å². The van der Waals surface area contributed by atoms with Crippen LogP contribution in [0.1, 0.15) is 17.3 Å². The van der Waals surface area contributed by atoms with E-state index in [0.717, 1.165) is 0 Å². The number of halogens is 3. The van der Waals surface area contributed by atoms with Crippen molar-refractivity contribution in [2.75, 3.05) is 13.6 Å². The molecule has 0 saturated heterocycles. The van der Waals surface area contributed by atoms with Gasteiger partial charge in [-0.2, -0.15) is 4.98 Å². The monoisotopic (exact) mass is 357 g/mol. The van der Waals surface area contributed by atoms with Crippen LogP contribution in [0.25, 0.3) is 0 Å². The van der Waals surface area contributed by atoms with Gasteiger partial charge < -0.3 is 19.9 Å². The summed E-state index contributed by atoms with van der Waals surface area (Å²) in [5, 5.41) is 9.63. The molecule has 0 atom stereocenters. The molecule has 1 heterocycles. The molecule has 0 saturated carbocycles. The predicted molar refractivity (Wildman–Crippen MR) is 84.1 cm³/mol. The molecule has 1 aromatic carbocycles. The van der Waals surface area contributed by atoms with Gasteiger partial charge in [-0.3, -0.25) is 4.99 Å². The standard InChI is InChI=1S/C15H18F3N5O2/c1-10-22-13(25-23-10)7-8-20-14(19-2)21-9-11-5-3-4-6-12(11)24-15(16,17)18/h3-6H,7-9H2,1-2H3,(H2,19,20,21). The third-order valence-electron chi connectivity index (χ3n) is 3.07. The van der Waals surface area contributed by atoms with Crippen LogP contribution in [-0.4, -0.2) is 36.1 Å². The SMILES string of the molecule is CN=C(NCCc1nc(C)no1)NCc1ccccc1OC(F)(F)F. The van der Waals surface area contributed by atoms with Crippen molar-refractivity contribution in [1.29, 1.82) is 0 Å². The molecule has 0 fully saturated rings. The quantitative estimate of drug-likeness (QED) is 0.609. The van der Waals surface area contributed by atoms with Gasteiger partial charge in [0.1, 0.15) is 5.75 Å². The zero-order valence-corrected chi connectivity index (χ0v) is 13.7. The number of hydrogen-bond donors (Lipinski definition) is 2. The number of guanidine groups is 1. The zero-order chi connectivity index (χ0) is 18.3. The normalized spacial score (nSPS) is 12.1. The van der Waals surface area contributed by atoms with Crippen molar-refractivity contribution in [3.63, 3.8) is 0 Å². The Kier molecular flexibility index (Phi) is 6.20. The smallest absolute Gasteiger partial charge is 0.405 e. The summed E-state index contributed by atoms with van der Waals surface area (Å²) in [6.45, 7) is 2.31. The van der Waals surface area contributed by atoms with Crippen LogP contribution in [0.5, 0.6) is 5.75 Å². The summed E-state index contributed by atoms with van der Waals surface area (Å²) >= 11 is 0. The number of nitrogens with one attached hydrogen (secondary N) is 2. The van der Waals surface area contributed by atoms with Gasteiger partial charge in [-0.05, 0) is 13.0 Å². The number of aliphatic imine (C=N–C) groups is 1. The van der Waals surface area contributed by atoms with Gasteiger partial charge in [-0.25, -0.2) is 0 Å². The number of para-hydroxylation sites is 1. The topological polar surface area (TPSA) is 84.6 Å². The second kappa shape index (κ2) is 8.36. The third-order valence-corrected chi connectivity index (χ3v) is 3.07. The number of rotatable bonds is 6. The minimum atomic E-state index is -4.74. The van der Waals surface area contributed by atoms with Crippen molar-refractivity contribution in [2.45, 2.75) is 26.3 Å². The van der Waals surface area contributed by atoms with Crippen LogP contribution in [0.3, 0.4) is 0 Å². The molecule has 7 nitrogen and oxygen atoms in total. The van der Waals surface area contributed by atoms with Crippen molar-refractivity contribution in [3.8, 4) is 5.75 Å². The lowest BCUT2D eigenvalue weighted by molar-refractivity contribution is -0.274. The fourth-order valence-corrected chi connectivity index (χ4v) is 2.00. The lowest BCUT2D eigenvalue weighted by Gasteiger charge is -2.15. The Labute approximate surface area is 142 Å². The molecular weight excluding hydrogens is 339 g/mol. The molecule has 2 aromatic rings. The molecule has 2 rings (SSSR count). The molecular formula is C15H18F3N5O2. The Bertz CT molecular complexity index is 715. The number of alkyl halides is 3. The Morgan fingerprint density at radius 2 is 2.04 bits per heavy atom. The largest absolute Gasteiger partial charge is 0.573 e. The van der Waals surface area contributed by atoms with Crippen LogP contribution in [0.4, 0.5) is 13.2 Å². The highest BCUT2D eigenvalue weighted by molar-refractivity contribution is 5.79. The first-order valence-corrected chi connectivity index (χ1v) is 7.45. The van der Waals surface area contributed by atoms with E-state index in [9.17, 15) is 13.2 Å². The maximum atomic E-state index is 12.4. The number of aromatic nitrogens is 2. The maximum Gasteiger partial charge on any atom is 0.573 e. The molecule has 0 aliphatic heterocycles. The first-order chi connectivity index (χ1) is 11.9. The van der Waals surface area contributed by atoms with Gasteiger partial charge in [-0.1, -0.05) is 23.4 Å². The van der Waals surface area contributed by atoms with Gasteiger partial charge in [0.05, 0.1) is 0 Å². The second-order valence-corrected chi connectivity index (χ2v) is 4.99. The molecule has 0 radical (unpaired) electrons. The molecule has 0 spiro atoms. The van der Waals surface area contributed by atoms with E-state index in [2.05, 4.69) is 30.5 Å². The van der Waals surface area contributed by atoms with Gasteiger partial charge in [0.2, 0.25) is 5.89 Å². The Morgan fingerprint density at radius 1 is 1.28 bits per heavy atom. The van der Waals surface area contributed by atoms with Crippen LogP contribution < -0.4 is 15.4 Å². The number of hydrogen-bond acceptors (Lipinski definition) is 5. The highest BCUT2D eigenvalue weighted by atomic mass is 19.4. The molecule has 0 aliphatic carbocycles. The fourth-order valence-electron chi connectivity index (χ4n) is 2.00. The Morgan fingerprint density at radius 3 is 2.68 bits per heavy atom. The van der Waals surface area contributed by atoms with Gasteiger partial charge >= 0.3 is 6.36 Å². The molecule has 136 valence electrons. The first-order valence-electron chi connectivity index (χ1n) is 7.45. The lowest BCUT2D eigenvalue weighted by Crippen LogP contribution is -2.38. The summed E-state index contributed by atoms with van der Waals surface area (Å²) in [6.07, 6.45) is -4.24. The minimum Gasteiger partial charge on any atom is -0.405 e. The lowest BCUT2D eigenvalue weighted by atomic mass is 10.2. The van der Waals surface area contributed by atoms with E-state index in [1.807, 2.05) is 0 Å². The molecule has 0 bridgehead atoms. The predicted octanol–water partition coefficient (Wildman–Crippen LogP) is 2.18. The molecule has 2 N–H and O–H groups in total. The summed E-state index contributed by atoms with van der Waals surface area (Å²) in [5.41, 5.74) is 0.357. The average Bonchev–Trinajstić information content (AvgIpc) is 2.96. The summed E-state index contributed by atoms with van der Waals surface area (Å²) in [6, 6.07) is 5.92. The highest BCUT2D eigenvalue weighted by Gasteiger charge is 2.31. The van der Waals surface area contributed by atoms with Crippen LogP contribution in [-0.2, 0) is 13.0 Å². The van der Waals surface area contributed by atoms with Crippen LogP contribution >= 0.6 is 0 Å². The average molecular weight is 357 g/mol. The van der Waals surface area contributed by atoms with E-state index in [-0.39, 0.29) is 12.3 Å². The van der Waals surface area contributed by atoms with E-state index in [0.29, 0.717) is 36.2 Å². The Hall–Kier alpha value is -2.78. The molecule has 0 amide bonds. The summed E-state index contributed by atoms with van der Waals surface area (Å²) in [4.78, 5) is 8.08. The van der Waals surface area contributed by atoms with E-state index in [1.165, 1.54) is 12.1 Å². The molecule has 1 aromatic heterocycles. The van der Waals surface area contributed by atoms with E-state index in [4.69, 9.17) is 4.52 Å². The Balaban J connectivity index is 1.86. The summed E-state index contributed by atoms with van der Waals surface area (Å²) in [7, 11) is 1.56. The molecule has 25 heavy (non-hydrogen) atoms. The maximum absolute atomic E-state index is 12.4. The van der Waals surface area contributed by atoms with E-state index >= 15 is 0 Å². The number of ether oxygens (including phenoxy) is 1. The van der Waals surface area contributed by atoms with Crippen molar-refractivity contribution < 1.29 is 22.4 Å². The number of nitrogens with zero attached hydrogens (tertiary/aromatic N) is 3. The fraction of sp³-hybridized carbons (Fsp3) is 0.400. The summed E-state index contributed by atoms with van der Waals surface area (Å²) in [5.74, 6) is 1.22. The number of aryl methyl sites for hydroxylation is 1. The van der Waals surface area contributed by atoms with Gasteiger partial charge in [0, 0.05) is 32.1 Å². The van der Waals surface area contributed by atoms with Crippen molar-refractivity contribution in [1.82, 2.24) is 20.8 Å². The van der Waals surface area contributed by atoms with Gasteiger partial charge in [0.25, 0.3) is 0 Å². The van der Waals surface area contributed by atoms with E-state index < -0.39 is 6.36 Å². The molecule has 0 aliphatic rings. The molecule has 0 unspecified atom stereocenters. The zero-order valence-electron chi connectivity index (χ0n) is 13.7. The van der Waals surface area contributed by atoms with Crippen molar-refractivity contribution in [3.05, 3.63) is 41.5 Å².